The van der Waals surface area contributed by atoms with Gasteiger partial charge in [-0.3, -0.25) is 24.0 Å². The van der Waals surface area contributed by atoms with Gasteiger partial charge in [0, 0.05) is 59.8 Å². The van der Waals surface area contributed by atoms with Gasteiger partial charge in [0.15, 0.2) is 10.9 Å². The zero-order valence-corrected chi connectivity index (χ0v) is 35.0. The summed E-state index contributed by atoms with van der Waals surface area (Å²) in [7, 11) is 0. The van der Waals surface area contributed by atoms with Crippen LogP contribution in [0.15, 0.2) is 30.1 Å². The van der Waals surface area contributed by atoms with Crippen molar-refractivity contribution in [2.75, 3.05) is 0 Å². The van der Waals surface area contributed by atoms with Crippen LogP contribution in [0.4, 0.5) is 0 Å². The Balaban J connectivity index is 2.87. The van der Waals surface area contributed by atoms with E-state index in [-0.39, 0.29) is 35.5 Å². The van der Waals surface area contributed by atoms with E-state index in [0.29, 0.717) is 63.7 Å². The molecule has 0 amide bonds. The Labute approximate surface area is 316 Å². The Morgan fingerprint density at radius 3 is 1.74 bits per heavy atom. The van der Waals surface area contributed by atoms with E-state index < -0.39 is 53.5 Å². The van der Waals surface area contributed by atoms with Crippen LogP contribution in [-0.4, -0.2) is 36.2 Å². The quantitative estimate of drug-likeness (QED) is 0.0877. The number of carbonyl (C=O) groups is 3. The molecule has 2 rings (SSSR count). The summed E-state index contributed by atoms with van der Waals surface area (Å²) in [5, 5.41) is 0. The van der Waals surface area contributed by atoms with Crippen molar-refractivity contribution in [3.05, 3.63) is 77.4 Å². The molecule has 0 fully saturated rings. The second-order valence-corrected chi connectivity index (χ2v) is 15.6. The molecule has 0 aliphatic heterocycles. The highest BCUT2D eigenvalue weighted by molar-refractivity contribution is 5.70. The second kappa shape index (κ2) is 18.9. The SMILES string of the molecule is CCC(=O)O[C@@H](/C(C)=C/[C@@H](C)c1oc(CC)c(C)c(=O)c1C)C(C)(C)[C@@H](OC(=O)CC(C)C)[C@@H](C)c1oc([C@@H](C)[C@H](CC)OC(C)=O)c(C)c(=O)c1C. The lowest BCUT2D eigenvalue weighted by Gasteiger charge is -2.43. The zero-order valence-electron chi connectivity index (χ0n) is 35.0. The summed E-state index contributed by atoms with van der Waals surface area (Å²) < 4.78 is 31.0. The summed E-state index contributed by atoms with van der Waals surface area (Å²) in [6.07, 6.45) is 0.874. The summed E-state index contributed by atoms with van der Waals surface area (Å²) in [6.45, 7) is 28.8. The van der Waals surface area contributed by atoms with E-state index in [1.165, 1.54) is 6.92 Å². The van der Waals surface area contributed by atoms with E-state index in [1.807, 2.05) is 75.3 Å². The topological polar surface area (TPSA) is 139 Å². The molecule has 0 aliphatic carbocycles. The molecular weight excluding hydrogens is 676 g/mol. The minimum absolute atomic E-state index is 0.0110. The molecule has 2 aromatic heterocycles. The Morgan fingerprint density at radius 2 is 1.25 bits per heavy atom. The van der Waals surface area contributed by atoms with Crippen LogP contribution >= 0.6 is 0 Å². The van der Waals surface area contributed by atoms with Gasteiger partial charge in [0.05, 0.1) is 11.8 Å². The van der Waals surface area contributed by atoms with Gasteiger partial charge in [0.25, 0.3) is 0 Å². The van der Waals surface area contributed by atoms with Crippen LogP contribution in [-0.2, 0) is 35.0 Å². The number of esters is 3. The van der Waals surface area contributed by atoms with Gasteiger partial charge < -0.3 is 23.0 Å². The van der Waals surface area contributed by atoms with Gasteiger partial charge in [-0.2, -0.15) is 0 Å². The zero-order chi connectivity index (χ0) is 40.7. The van der Waals surface area contributed by atoms with E-state index in [9.17, 15) is 24.0 Å². The van der Waals surface area contributed by atoms with E-state index in [0.717, 1.165) is 0 Å². The first kappa shape index (κ1) is 45.2. The molecule has 2 aromatic rings. The van der Waals surface area contributed by atoms with E-state index in [2.05, 4.69) is 0 Å². The van der Waals surface area contributed by atoms with Gasteiger partial charge in [0.2, 0.25) is 0 Å². The third-order valence-electron chi connectivity index (χ3n) is 10.3. The van der Waals surface area contributed by atoms with Gasteiger partial charge in [0.1, 0.15) is 41.4 Å². The van der Waals surface area contributed by atoms with Crippen LogP contribution in [0.3, 0.4) is 0 Å². The molecule has 6 atom stereocenters. The predicted octanol–water partition coefficient (Wildman–Crippen LogP) is 8.99. The molecule has 10 nitrogen and oxygen atoms in total. The van der Waals surface area contributed by atoms with Crippen molar-refractivity contribution in [1.82, 2.24) is 0 Å². The highest BCUT2D eigenvalue weighted by atomic mass is 16.6. The van der Waals surface area contributed by atoms with Crippen molar-refractivity contribution in [1.29, 1.82) is 0 Å². The first-order valence-electron chi connectivity index (χ1n) is 19.1. The molecule has 0 aromatic carbocycles. The summed E-state index contributed by atoms with van der Waals surface area (Å²) in [5.41, 5.74) is 1.19. The first-order valence-corrected chi connectivity index (χ1v) is 19.1. The molecule has 10 heteroatoms. The van der Waals surface area contributed by atoms with E-state index >= 15 is 0 Å². The second-order valence-electron chi connectivity index (χ2n) is 15.6. The average Bonchev–Trinajstić information content (AvgIpc) is 3.08. The maximum atomic E-state index is 13.8. The average molecular weight is 741 g/mol. The number of carbonyl (C=O) groups excluding carboxylic acids is 3. The molecule has 0 radical (unpaired) electrons. The third-order valence-corrected chi connectivity index (χ3v) is 10.3. The Morgan fingerprint density at radius 1 is 0.717 bits per heavy atom. The van der Waals surface area contributed by atoms with Gasteiger partial charge in [-0.15, -0.1) is 0 Å². The lowest BCUT2D eigenvalue weighted by Crippen LogP contribution is -2.48. The normalized spacial score (nSPS) is 15.7. The van der Waals surface area contributed by atoms with Crippen molar-refractivity contribution in [3.63, 3.8) is 0 Å². The fourth-order valence-corrected chi connectivity index (χ4v) is 7.46. The van der Waals surface area contributed by atoms with Crippen LogP contribution in [0.1, 0.15) is 165 Å². The summed E-state index contributed by atoms with van der Waals surface area (Å²) in [4.78, 5) is 65.4. The highest BCUT2D eigenvalue weighted by Crippen LogP contribution is 2.43. The summed E-state index contributed by atoms with van der Waals surface area (Å²) >= 11 is 0. The van der Waals surface area contributed by atoms with Crippen molar-refractivity contribution in [2.45, 2.75) is 173 Å². The number of ether oxygens (including phenoxy) is 3. The van der Waals surface area contributed by atoms with Gasteiger partial charge in [-0.05, 0) is 52.5 Å². The fourth-order valence-electron chi connectivity index (χ4n) is 7.46. The van der Waals surface area contributed by atoms with Crippen molar-refractivity contribution in [2.24, 2.45) is 11.3 Å². The smallest absolute Gasteiger partial charge is 0.306 e. The molecule has 0 saturated heterocycles. The number of aryl methyl sites for hydroxylation is 1. The molecule has 2 heterocycles. The highest BCUT2D eigenvalue weighted by Gasteiger charge is 2.47. The molecule has 53 heavy (non-hydrogen) atoms. The van der Waals surface area contributed by atoms with Crippen LogP contribution < -0.4 is 10.9 Å². The maximum absolute atomic E-state index is 13.8. The predicted molar refractivity (Wildman–Crippen MR) is 206 cm³/mol. The Bertz CT molecular complexity index is 1770. The van der Waals surface area contributed by atoms with Crippen molar-refractivity contribution >= 4 is 17.9 Å². The minimum Gasteiger partial charge on any atom is -0.465 e. The van der Waals surface area contributed by atoms with Gasteiger partial charge in [-0.25, -0.2) is 0 Å². The first-order chi connectivity index (χ1) is 24.5. The third kappa shape index (κ3) is 10.6. The van der Waals surface area contributed by atoms with E-state index in [4.69, 9.17) is 23.0 Å². The van der Waals surface area contributed by atoms with E-state index in [1.54, 1.807) is 34.6 Å². The summed E-state index contributed by atoms with van der Waals surface area (Å²) in [5.74, 6) is -0.930. The molecular formula is C43H64O10. The molecule has 0 N–H and O–H groups in total. The Kier molecular flexibility index (Phi) is 16.1. The standard InChI is InChI=1S/C43H64O10/c1-17-32-25(8)36(47)27(10)38(50-32)23(6)21-24(7)41(51-34(45)19-3)43(15,16)42(52-35(46)20-22(4)5)30(13)40-29(12)37(48)28(11)39(53-40)26(9)33(18-2)49-31(14)44/h21-23,26,30,33,41-42H,17-20H2,1-16H3/b24-21+/t23-,26+,30+,33+,41+,42+/m1/s1. The number of allylic oxidation sites excluding steroid dienone is 1. The number of hydrogen-bond acceptors (Lipinski definition) is 10. The van der Waals surface area contributed by atoms with Gasteiger partial charge >= 0.3 is 17.9 Å². The maximum Gasteiger partial charge on any atom is 0.306 e. The Hall–Kier alpha value is -3.95. The largest absolute Gasteiger partial charge is 0.465 e. The molecule has 296 valence electrons. The van der Waals surface area contributed by atoms with Crippen LogP contribution in [0, 0.1) is 39.0 Å². The lowest BCUT2D eigenvalue weighted by molar-refractivity contribution is -0.171. The van der Waals surface area contributed by atoms with Gasteiger partial charge in [-0.1, -0.05) is 75.3 Å². The summed E-state index contributed by atoms with van der Waals surface area (Å²) in [6, 6.07) is 0. The van der Waals surface area contributed by atoms with Crippen LogP contribution in [0.2, 0.25) is 0 Å². The monoisotopic (exact) mass is 740 g/mol. The van der Waals surface area contributed by atoms with Crippen molar-refractivity contribution < 1.29 is 37.4 Å². The fraction of sp³-hybridized carbons (Fsp3) is 0.651. The van der Waals surface area contributed by atoms with Crippen LogP contribution in [0.25, 0.3) is 0 Å². The minimum atomic E-state index is -1.08. The van der Waals surface area contributed by atoms with Crippen LogP contribution in [0.5, 0.6) is 0 Å². The molecule has 0 bridgehead atoms. The van der Waals surface area contributed by atoms with Crippen molar-refractivity contribution in [3.8, 4) is 0 Å². The molecule has 0 saturated carbocycles. The lowest BCUT2D eigenvalue weighted by atomic mass is 9.71. The molecule has 0 unspecified atom stereocenters. The molecule has 0 spiro atoms. The number of hydrogen-bond donors (Lipinski definition) is 0. The number of rotatable bonds is 17. The molecule has 0 aliphatic rings.